The molecule has 1 aliphatic carbocycles. The summed E-state index contributed by atoms with van der Waals surface area (Å²) in [5.41, 5.74) is 4.73. The monoisotopic (exact) mass is 658 g/mol. The van der Waals surface area contributed by atoms with Crippen LogP contribution in [0, 0.1) is 11.9 Å². The molecule has 0 atom stereocenters. The molecule has 0 saturated carbocycles. The first-order valence-corrected chi connectivity index (χ1v) is 14.7. The first-order chi connectivity index (χ1) is 17.3. The van der Waals surface area contributed by atoms with Crippen LogP contribution in [0.2, 0.25) is 0 Å². The van der Waals surface area contributed by atoms with Crippen LogP contribution in [-0.2, 0) is 34.7 Å². The van der Waals surface area contributed by atoms with Crippen molar-refractivity contribution in [2.45, 2.75) is 72.6 Å². The van der Waals surface area contributed by atoms with Gasteiger partial charge in [-0.05, 0) is 16.9 Å². The summed E-state index contributed by atoms with van der Waals surface area (Å²) in [6.07, 6.45) is 7.75. The van der Waals surface area contributed by atoms with Crippen molar-refractivity contribution in [3.05, 3.63) is 107 Å². The van der Waals surface area contributed by atoms with Crippen LogP contribution < -0.4 is 0 Å². The molecule has 1 aliphatic rings. The van der Waals surface area contributed by atoms with Gasteiger partial charge in [-0.3, -0.25) is 0 Å². The summed E-state index contributed by atoms with van der Waals surface area (Å²) in [5.74, 6) is -0.174. The van der Waals surface area contributed by atoms with Crippen molar-refractivity contribution < 1.29 is 28.3 Å². The molecule has 0 nitrogen and oxygen atoms in total. The smallest absolute Gasteiger partial charge is 0.0757 e. The van der Waals surface area contributed by atoms with E-state index in [1.54, 1.807) is 15.4 Å². The van der Waals surface area contributed by atoms with Gasteiger partial charge in [0.2, 0.25) is 0 Å². The van der Waals surface area contributed by atoms with Crippen LogP contribution in [0.4, 0.5) is 4.39 Å². The van der Waals surface area contributed by atoms with Gasteiger partial charge in [0.15, 0.2) is 0 Å². The second-order valence-corrected chi connectivity index (χ2v) is 15.5. The van der Waals surface area contributed by atoms with Crippen LogP contribution in [0.5, 0.6) is 0 Å². The molecule has 0 aromatic heterocycles. The Morgan fingerprint density at radius 1 is 0.811 bits per heavy atom. The van der Waals surface area contributed by atoms with Crippen molar-refractivity contribution in [2.75, 3.05) is 0 Å². The molecule has 0 fully saturated rings. The maximum atomic E-state index is 13.1. The SMILES string of the molecule is CC(C)(C)c1ccc2c(c1)[cH-]c1cc(C(C)(C)C)ccc12.C[C](C)=[Hf+2].Fc1ccccc1C1=[C-]CC=C1. The maximum absolute atomic E-state index is 13.1. The van der Waals surface area contributed by atoms with Crippen molar-refractivity contribution in [1.29, 1.82) is 0 Å². The fraction of sp³-hybridized carbons (Fsp3) is 0.314. The Morgan fingerprint density at radius 3 is 1.70 bits per heavy atom. The molecular weight excluding hydrogens is 618 g/mol. The molecule has 4 aromatic carbocycles. The van der Waals surface area contributed by atoms with Gasteiger partial charge in [0.25, 0.3) is 0 Å². The molecule has 0 spiro atoms. The van der Waals surface area contributed by atoms with Crippen molar-refractivity contribution in [3.8, 4) is 0 Å². The summed E-state index contributed by atoms with van der Waals surface area (Å²) in [5, 5.41) is 5.48. The molecule has 0 bridgehead atoms. The van der Waals surface area contributed by atoms with Gasteiger partial charge < -0.3 is 0 Å². The Bertz CT molecular complexity index is 1380. The van der Waals surface area contributed by atoms with Gasteiger partial charge >= 0.3 is 41.0 Å². The number of hydrogen-bond acceptors (Lipinski definition) is 0. The Morgan fingerprint density at radius 2 is 1.30 bits per heavy atom. The zero-order valence-corrected chi connectivity index (χ0v) is 27.2. The fourth-order valence-corrected chi connectivity index (χ4v) is 4.22. The molecule has 5 rings (SSSR count). The van der Waals surface area contributed by atoms with Crippen molar-refractivity contribution >= 4 is 30.4 Å². The van der Waals surface area contributed by atoms with Gasteiger partial charge in [-0.1, -0.05) is 101 Å². The predicted octanol–water partition coefficient (Wildman–Crippen LogP) is 10.0. The van der Waals surface area contributed by atoms with Crippen LogP contribution in [0.3, 0.4) is 0 Å². The van der Waals surface area contributed by atoms with E-state index < -0.39 is 0 Å². The van der Waals surface area contributed by atoms with E-state index in [1.165, 1.54) is 62.6 Å². The minimum Gasteiger partial charge on any atom is -0.221 e. The predicted molar refractivity (Wildman–Crippen MR) is 158 cm³/mol. The zero-order valence-electron chi connectivity index (χ0n) is 23.6. The molecule has 4 aromatic rings. The number of halogens is 1. The number of benzene rings is 3. The third-order valence-corrected chi connectivity index (χ3v) is 6.30. The van der Waals surface area contributed by atoms with E-state index in [0.717, 1.165) is 12.0 Å². The molecule has 190 valence electrons. The first kappa shape index (κ1) is 29.2. The summed E-state index contributed by atoms with van der Waals surface area (Å²) >= 11 is 1.27. The Kier molecular flexibility index (Phi) is 9.51. The molecule has 0 radical (unpaired) electrons. The van der Waals surface area contributed by atoms with Crippen molar-refractivity contribution in [1.82, 2.24) is 0 Å². The molecule has 0 heterocycles. The Balaban J connectivity index is 0.000000200. The largest absolute Gasteiger partial charge is 0.221 e. The molecule has 0 unspecified atom stereocenters. The number of rotatable bonds is 1. The van der Waals surface area contributed by atoms with Gasteiger partial charge in [-0.2, -0.15) is 17.7 Å². The quantitative estimate of drug-likeness (QED) is 0.141. The van der Waals surface area contributed by atoms with Gasteiger partial charge in [-0.15, -0.1) is 51.9 Å². The van der Waals surface area contributed by atoms with E-state index >= 15 is 0 Å². The van der Waals surface area contributed by atoms with Gasteiger partial charge in [-0.25, -0.2) is 4.39 Å². The van der Waals surface area contributed by atoms with Crippen LogP contribution in [0.1, 0.15) is 78.5 Å². The average Bonchev–Trinajstić information content (AvgIpc) is 3.45. The Labute approximate surface area is 237 Å². The maximum Gasteiger partial charge on any atom is 0.0757 e. The number of hydrogen-bond donors (Lipinski definition) is 0. The minimum absolute atomic E-state index is 0.174. The van der Waals surface area contributed by atoms with Gasteiger partial charge in [0, 0.05) is 0 Å². The van der Waals surface area contributed by atoms with E-state index in [9.17, 15) is 4.39 Å². The molecule has 0 N–H and O–H groups in total. The molecule has 0 aliphatic heterocycles. The van der Waals surface area contributed by atoms with Crippen LogP contribution >= 0.6 is 0 Å². The molecule has 2 heteroatoms. The topological polar surface area (TPSA) is 0 Å². The summed E-state index contributed by atoms with van der Waals surface area (Å²) in [6, 6.07) is 22.9. The first-order valence-electron chi connectivity index (χ1n) is 13.0. The van der Waals surface area contributed by atoms with Crippen molar-refractivity contribution in [3.63, 3.8) is 0 Å². The number of allylic oxidation sites excluding steroid dienone is 4. The van der Waals surface area contributed by atoms with E-state index in [1.807, 2.05) is 18.2 Å². The summed E-state index contributed by atoms with van der Waals surface area (Å²) < 4.78 is 14.7. The third-order valence-electron chi connectivity index (χ3n) is 6.30. The normalized spacial score (nSPS) is 13.1. The molecule has 37 heavy (non-hydrogen) atoms. The molecule has 0 amide bonds. The summed E-state index contributed by atoms with van der Waals surface area (Å²) in [6.45, 7) is 17.9. The second kappa shape index (κ2) is 12.0. The standard InChI is InChI=1S/C21H25.C11H8F.C3H6.Hf/c1-20(2,3)16-7-9-18-14(12-16)11-15-13-17(21(4,5)6)8-10-19(15)18;12-11-8-4-3-7-10(11)9-5-1-2-6-9;1-3-2;/h7-13H,1-6H3;1,3-5,7-8H,2H2;1-2H3;/q2*-1;;+2. The van der Waals surface area contributed by atoms with E-state index in [0.29, 0.717) is 5.56 Å². The van der Waals surface area contributed by atoms with Crippen LogP contribution in [0.15, 0.2) is 78.9 Å². The summed E-state index contributed by atoms with van der Waals surface area (Å²) in [7, 11) is 0. The summed E-state index contributed by atoms with van der Waals surface area (Å²) in [4.78, 5) is 0. The zero-order chi connectivity index (χ0) is 27.4. The van der Waals surface area contributed by atoms with E-state index in [2.05, 4.69) is 104 Å². The average molecular weight is 657 g/mol. The third kappa shape index (κ3) is 7.84. The second-order valence-electron chi connectivity index (χ2n) is 11.9. The van der Waals surface area contributed by atoms with Gasteiger partial charge in [0.1, 0.15) is 0 Å². The molecular formula is C35H39FHf. The van der Waals surface area contributed by atoms with Gasteiger partial charge in [0.05, 0.1) is 5.82 Å². The minimum atomic E-state index is -0.174. The Hall–Kier alpha value is -2.32. The van der Waals surface area contributed by atoms with Crippen molar-refractivity contribution in [2.24, 2.45) is 0 Å². The van der Waals surface area contributed by atoms with Crippen LogP contribution in [-0.4, -0.2) is 3.26 Å². The van der Waals surface area contributed by atoms with E-state index in [-0.39, 0.29) is 16.6 Å². The van der Waals surface area contributed by atoms with Crippen LogP contribution in [0.25, 0.3) is 27.1 Å². The number of fused-ring (bicyclic) bond motifs is 3. The van der Waals surface area contributed by atoms with E-state index in [4.69, 9.17) is 0 Å². The fourth-order valence-electron chi connectivity index (χ4n) is 4.22. The molecule has 0 saturated heterocycles.